The highest BCUT2D eigenvalue weighted by atomic mass is 32.1. The number of benzene rings is 1. The van der Waals surface area contributed by atoms with Gasteiger partial charge in [-0.2, -0.15) is 0 Å². The summed E-state index contributed by atoms with van der Waals surface area (Å²) >= 11 is 1.65. The summed E-state index contributed by atoms with van der Waals surface area (Å²) in [6.45, 7) is 7.01. The Labute approximate surface area is 122 Å². The third kappa shape index (κ3) is 3.57. The van der Waals surface area contributed by atoms with E-state index in [4.69, 9.17) is 5.11 Å². The standard InChI is InChI=1S/C15H18N2O2S/c1-15(2,3)14-17-12(9-20-14)8-16-11-6-4-5-10(7-11)13(18)19/h4-7,9,16H,8H2,1-3H3,(H,18,19). The Kier molecular flexibility index (Phi) is 4.09. The van der Waals surface area contributed by atoms with E-state index in [9.17, 15) is 4.79 Å². The fourth-order valence-corrected chi connectivity index (χ4v) is 2.59. The van der Waals surface area contributed by atoms with Crippen LogP contribution in [-0.4, -0.2) is 16.1 Å². The van der Waals surface area contributed by atoms with Gasteiger partial charge in [0.15, 0.2) is 0 Å². The molecule has 0 spiro atoms. The second kappa shape index (κ2) is 5.63. The van der Waals surface area contributed by atoms with E-state index in [1.165, 1.54) is 0 Å². The molecule has 20 heavy (non-hydrogen) atoms. The summed E-state index contributed by atoms with van der Waals surface area (Å²) in [6.07, 6.45) is 0. The molecule has 0 radical (unpaired) electrons. The van der Waals surface area contributed by atoms with Gasteiger partial charge in [-0.15, -0.1) is 11.3 Å². The zero-order chi connectivity index (χ0) is 14.8. The lowest BCUT2D eigenvalue weighted by atomic mass is 9.98. The van der Waals surface area contributed by atoms with Crippen LogP contribution < -0.4 is 5.32 Å². The van der Waals surface area contributed by atoms with E-state index in [2.05, 4.69) is 31.1 Å². The molecule has 5 heteroatoms. The molecule has 0 saturated heterocycles. The van der Waals surface area contributed by atoms with E-state index in [-0.39, 0.29) is 11.0 Å². The van der Waals surface area contributed by atoms with E-state index >= 15 is 0 Å². The predicted octanol–water partition coefficient (Wildman–Crippen LogP) is 3.75. The Morgan fingerprint density at radius 1 is 1.40 bits per heavy atom. The number of carboxylic acid groups (broad SMARTS) is 1. The Bertz CT molecular complexity index is 614. The number of thiazole rings is 1. The van der Waals surface area contributed by atoms with E-state index in [1.807, 2.05) is 11.4 Å². The number of rotatable bonds is 4. The normalized spacial score (nSPS) is 11.3. The van der Waals surface area contributed by atoms with Crippen LogP contribution in [-0.2, 0) is 12.0 Å². The van der Waals surface area contributed by atoms with Crippen LogP contribution in [0.2, 0.25) is 0 Å². The van der Waals surface area contributed by atoms with Crippen molar-refractivity contribution in [2.45, 2.75) is 32.7 Å². The summed E-state index contributed by atoms with van der Waals surface area (Å²) in [4.78, 5) is 15.5. The van der Waals surface area contributed by atoms with Crippen molar-refractivity contribution in [3.05, 3.63) is 45.9 Å². The van der Waals surface area contributed by atoms with Crippen molar-refractivity contribution in [1.29, 1.82) is 0 Å². The molecule has 0 amide bonds. The van der Waals surface area contributed by atoms with Gasteiger partial charge in [-0.05, 0) is 18.2 Å². The van der Waals surface area contributed by atoms with Crippen LogP contribution in [0.15, 0.2) is 29.6 Å². The highest BCUT2D eigenvalue weighted by molar-refractivity contribution is 7.09. The molecule has 0 saturated carbocycles. The van der Waals surface area contributed by atoms with Crippen molar-refractivity contribution >= 4 is 23.0 Å². The van der Waals surface area contributed by atoms with Crippen LogP contribution >= 0.6 is 11.3 Å². The second-order valence-corrected chi connectivity index (χ2v) is 6.49. The van der Waals surface area contributed by atoms with E-state index < -0.39 is 5.97 Å². The third-order valence-corrected chi connectivity index (χ3v) is 4.09. The first-order chi connectivity index (χ1) is 9.36. The molecule has 4 nitrogen and oxygen atoms in total. The van der Waals surface area contributed by atoms with Gasteiger partial charge in [0.1, 0.15) is 0 Å². The summed E-state index contributed by atoms with van der Waals surface area (Å²) in [7, 11) is 0. The van der Waals surface area contributed by atoms with Crippen molar-refractivity contribution < 1.29 is 9.90 Å². The molecule has 2 rings (SSSR count). The molecule has 0 fully saturated rings. The van der Waals surface area contributed by atoms with Gasteiger partial charge < -0.3 is 10.4 Å². The maximum absolute atomic E-state index is 10.9. The molecule has 0 aliphatic heterocycles. The first-order valence-corrected chi connectivity index (χ1v) is 7.26. The van der Waals surface area contributed by atoms with Crippen LogP contribution in [0, 0.1) is 0 Å². The molecule has 0 atom stereocenters. The number of carbonyl (C=O) groups is 1. The van der Waals surface area contributed by atoms with E-state index in [0.29, 0.717) is 6.54 Å². The number of aromatic nitrogens is 1. The van der Waals surface area contributed by atoms with Crippen LogP contribution in [0.25, 0.3) is 0 Å². The van der Waals surface area contributed by atoms with E-state index in [1.54, 1.807) is 29.5 Å². The molecule has 2 aromatic rings. The van der Waals surface area contributed by atoms with Gasteiger partial charge in [0.25, 0.3) is 0 Å². The highest BCUT2D eigenvalue weighted by Crippen LogP contribution is 2.25. The van der Waals surface area contributed by atoms with Crippen LogP contribution in [0.4, 0.5) is 5.69 Å². The van der Waals surface area contributed by atoms with Crippen molar-refractivity contribution in [1.82, 2.24) is 4.98 Å². The molecule has 0 aliphatic rings. The minimum Gasteiger partial charge on any atom is -0.478 e. The average molecular weight is 290 g/mol. The van der Waals surface area contributed by atoms with Gasteiger partial charge in [0.2, 0.25) is 0 Å². The zero-order valence-electron chi connectivity index (χ0n) is 11.8. The lowest BCUT2D eigenvalue weighted by Gasteiger charge is -2.13. The number of nitrogens with one attached hydrogen (secondary N) is 1. The quantitative estimate of drug-likeness (QED) is 0.900. The molecule has 0 bridgehead atoms. The maximum Gasteiger partial charge on any atom is 0.335 e. The van der Waals surface area contributed by atoms with Gasteiger partial charge >= 0.3 is 5.97 Å². The number of hydrogen-bond donors (Lipinski definition) is 2. The zero-order valence-corrected chi connectivity index (χ0v) is 12.6. The SMILES string of the molecule is CC(C)(C)c1nc(CNc2cccc(C(=O)O)c2)cs1. The number of anilines is 1. The first-order valence-electron chi connectivity index (χ1n) is 6.38. The Hall–Kier alpha value is -1.88. The van der Waals surface area contributed by atoms with Gasteiger partial charge in [0, 0.05) is 16.5 Å². The number of aromatic carboxylic acids is 1. The molecular weight excluding hydrogens is 272 g/mol. The van der Waals surface area contributed by atoms with Crippen LogP contribution in [0.3, 0.4) is 0 Å². The van der Waals surface area contributed by atoms with Crippen molar-refractivity contribution in [3.8, 4) is 0 Å². The van der Waals surface area contributed by atoms with Crippen molar-refractivity contribution in [2.24, 2.45) is 0 Å². The summed E-state index contributed by atoms with van der Waals surface area (Å²) in [6, 6.07) is 6.78. The summed E-state index contributed by atoms with van der Waals surface area (Å²) < 4.78 is 0. The third-order valence-electron chi connectivity index (χ3n) is 2.78. The highest BCUT2D eigenvalue weighted by Gasteiger charge is 2.17. The molecule has 2 N–H and O–H groups in total. The predicted molar refractivity (Wildman–Crippen MR) is 81.5 cm³/mol. The van der Waals surface area contributed by atoms with Crippen molar-refractivity contribution in [3.63, 3.8) is 0 Å². The minimum atomic E-state index is -0.919. The van der Waals surface area contributed by atoms with Crippen LogP contribution in [0.1, 0.15) is 41.8 Å². The minimum absolute atomic E-state index is 0.0616. The lowest BCUT2D eigenvalue weighted by molar-refractivity contribution is 0.0697. The lowest BCUT2D eigenvalue weighted by Crippen LogP contribution is -2.11. The molecule has 1 aromatic heterocycles. The van der Waals surface area contributed by atoms with Gasteiger partial charge in [-0.25, -0.2) is 9.78 Å². The maximum atomic E-state index is 10.9. The topological polar surface area (TPSA) is 62.2 Å². The number of hydrogen-bond acceptors (Lipinski definition) is 4. The second-order valence-electron chi connectivity index (χ2n) is 5.63. The Morgan fingerprint density at radius 3 is 2.75 bits per heavy atom. The summed E-state index contributed by atoms with van der Waals surface area (Å²) in [5.41, 5.74) is 2.10. The first kappa shape index (κ1) is 14.5. The largest absolute Gasteiger partial charge is 0.478 e. The van der Waals surface area contributed by atoms with Gasteiger partial charge in [-0.1, -0.05) is 26.8 Å². The molecule has 106 valence electrons. The number of nitrogens with zero attached hydrogens (tertiary/aromatic N) is 1. The average Bonchev–Trinajstić information content (AvgIpc) is 2.85. The van der Waals surface area contributed by atoms with Gasteiger partial charge in [0.05, 0.1) is 22.8 Å². The molecule has 1 aromatic carbocycles. The molecule has 1 heterocycles. The van der Waals surface area contributed by atoms with Gasteiger partial charge in [-0.3, -0.25) is 0 Å². The molecule has 0 unspecified atom stereocenters. The molecule has 0 aliphatic carbocycles. The molecular formula is C15H18N2O2S. The van der Waals surface area contributed by atoms with Crippen molar-refractivity contribution in [2.75, 3.05) is 5.32 Å². The van der Waals surface area contributed by atoms with E-state index in [0.717, 1.165) is 16.4 Å². The summed E-state index contributed by atoms with van der Waals surface area (Å²) in [5.74, 6) is -0.919. The number of carboxylic acids is 1. The summed E-state index contributed by atoms with van der Waals surface area (Å²) in [5, 5.41) is 15.3. The Morgan fingerprint density at radius 2 is 2.15 bits per heavy atom. The van der Waals surface area contributed by atoms with Crippen LogP contribution in [0.5, 0.6) is 0 Å². The Balaban J connectivity index is 2.04. The fraction of sp³-hybridized carbons (Fsp3) is 0.333. The smallest absolute Gasteiger partial charge is 0.335 e. The monoisotopic (exact) mass is 290 g/mol. The fourth-order valence-electron chi connectivity index (χ4n) is 1.69.